The lowest BCUT2D eigenvalue weighted by Crippen LogP contribution is -2.17. The highest BCUT2D eigenvalue weighted by molar-refractivity contribution is 7.92. The van der Waals surface area contributed by atoms with Crippen LogP contribution in [0.3, 0.4) is 0 Å². The first-order valence-corrected chi connectivity index (χ1v) is 7.63. The fourth-order valence-corrected chi connectivity index (χ4v) is 4.22. The summed E-state index contributed by atoms with van der Waals surface area (Å²) in [4.78, 5) is 0. The van der Waals surface area contributed by atoms with Crippen LogP contribution in [0, 0.1) is 0 Å². The molecule has 1 aliphatic carbocycles. The second-order valence-corrected chi connectivity index (χ2v) is 7.08. The third-order valence-electron chi connectivity index (χ3n) is 3.61. The van der Waals surface area contributed by atoms with Crippen LogP contribution in [0.2, 0.25) is 0 Å². The summed E-state index contributed by atoms with van der Waals surface area (Å²) in [6, 6.07) is 5.19. The van der Waals surface area contributed by atoms with Crippen LogP contribution in [0.25, 0.3) is 0 Å². The first kappa shape index (κ1) is 11.8. The molecule has 3 rings (SSSR count). The van der Waals surface area contributed by atoms with E-state index < -0.39 is 15.1 Å². The Morgan fingerprint density at radius 2 is 2.06 bits per heavy atom. The lowest BCUT2D eigenvalue weighted by Gasteiger charge is -2.02. The van der Waals surface area contributed by atoms with E-state index in [1.54, 1.807) is 13.0 Å². The van der Waals surface area contributed by atoms with Crippen LogP contribution in [0.1, 0.15) is 18.4 Å². The number of rotatable bonds is 3. The smallest absolute Gasteiger partial charge is 0.231 e. The third kappa shape index (κ3) is 1.67. The van der Waals surface area contributed by atoms with Crippen molar-refractivity contribution in [1.82, 2.24) is 0 Å². The van der Waals surface area contributed by atoms with Gasteiger partial charge in [-0.25, -0.2) is 8.42 Å². The van der Waals surface area contributed by atoms with Gasteiger partial charge in [-0.2, -0.15) is 0 Å². The summed E-state index contributed by atoms with van der Waals surface area (Å²) in [6.07, 6.45) is 0. The SMILES string of the molecule is CCS(=O)(=O)[C@@H]1[C@H](N)[C@@H]1c1ccc2c(c1)OCO2. The highest BCUT2D eigenvalue weighted by Gasteiger charge is 2.56. The maximum Gasteiger partial charge on any atom is 0.231 e. The molecule has 0 bridgehead atoms. The molecule has 3 atom stereocenters. The number of fused-ring (bicyclic) bond motifs is 1. The van der Waals surface area contributed by atoms with Crippen molar-refractivity contribution in [2.75, 3.05) is 12.5 Å². The first-order valence-electron chi connectivity index (χ1n) is 5.91. The largest absolute Gasteiger partial charge is 0.454 e. The van der Waals surface area contributed by atoms with Crippen molar-refractivity contribution >= 4 is 9.84 Å². The summed E-state index contributed by atoms with van der Waals surface area (Å²) in [5.74, 6) is 1.37. The zero-order valence-electron chi connectivity index (χ0n) is 10.00. The molecule has 2 N–H and O–H groups in total. The summed E-state index contributed by atoms with van der Waals surface area (Å²) in [7, 11) is -3.08. The number of nitrogens with two attached hydrogens (primary N) is 1. The van der Waals surface area contributed by atoms with E-state index in [1.807, 2.05) is 12.1 Å². The van der Waals surface area contributed by atoms with E-state index in [0.29, 0.717) is 11.5 Å². The van der Waals surface area contributed by atoms with E-state index in [9.17, 15) is 8.42 Å². The molecule has 0 unspecified atom stereocenters. The Morgan fingerprint density at radius 1 is 1.33 bits per heavy atom. The van der Waals surface area contributed by atoms with Gasteiger partial charge >= 0.3 is 0 Å². The molecular weight excluding hydrogens is 254 g/mol. The van der Waals surface area contributed by atoms with Crippen LogP contribution in [-0.4, -0.2) is 32.3 Å². The van der Waals surface area contributed by atoms with Crippen molar-refractivity contribution in [1.29, 1.82) is 0 Å². The molecule has 1 aromatic rings. The molecule has 1 aliphatic heterocycles. The Labute approximate surface area is 106 Å². The van der Waals surface area contributed by atoms with Gasteiger partial charge in [0.1, 0.15) is 0 Å². The van der Waals surface area contributed by atoms with Crippen LogP contribution in [-0.2, 0) is 9.84 Å². The van der Waals surface area contributed by atoms with Crippen molar-refractivity contribution in [3.63, 3.8) is 0 Å². The Bertz CT molecular complexity index is 584. The van der Waals surface area contributed by atoms with Gasteiger partial charge in [0.05, 0.1) is 5.25 Å². The molecular formula is C12H15NO4S. The fraction of sp³-hybridized carbons (Fsp3) is 0.500. The molecule has 1 heterocycles. The number of sulfone groups is 1. The highest BCUT2D eigenvalue weighted by Crippen LogP contribution is 2.47. The summed E-state index contributed by atoms with van der Waals surface area (Å²) in [5.41, 5.74) is 6.81. The Kier molecular flexibility index (Phi) is 2.53. The predicted molar refractivity (Wildman–Crippen MR) is 66.5 cm³/mol. The minimum atomic E-state index is -3.08. The first-order chi connectivity index (χ1) is 8.54. The molecule has 1 fully saturated rings. The summed E-state index contributed by atoms with van der Waals surface area (Å²) >= 11 is 0. The lowest BCUT2D eigenvalue weighted by atomic mass is 10.1. The fourth-order valence-electron chi connectivity index (χ4n) is 2.49. The quantitative estimate of drug-likeness (QED) is 0.871. The molecule has 0 spiro atoms. The van der Waals surface area contributed by atoms with Crippen LogP contribution in [0.5, 0.6) is 11.5 Å². The van der Waals surface area contributed by atoms with Crippen molar-refractivity contribution in [2.45, 2.75) is 24.1 Å². The Hall–Kier alpha value is -1.27. The Morgan fingerprint density at radius 3 is 2.78 bits per heavy atom. The van der Waals surface area contributed by atoms with E-state index >= 15 is 0 Å². The molecule has 0 aromatic heterocycles. The average molecular weight is 269 g/mol. The van der Waals surface area contributed by atoms with E-state index in [2.05, 4.69) is 0 Å². The zero-order chi connectivity index (χ0) is 12.9. The average Bonchev–Trinajstić information content (AvgIpc) is 2.84. The molecule has 0 radical (unpaired) electrons. The summed E-state index contributed by atoms with van der Waals surface area (Å²) in [6.45, 7) is 1.86. The maximum absolute atomic E-state index is 11.9. The van der Waals surface area contributed by atoms with E-state index in [0.717, 1.165) is 5.56 Å². The molecule has 5 nitrogen and oxygen atoms in total. The molecule has 1 saturated carbocycles. The van der Waals surface area contributed by atoms with Gasteiger partial charge in [0.15, 0.2) is 21.3 Å². The monoisotopic (exact) mass is 269 g/mol. The molecule has 18 heavy (non-hydrogen) atoms. The number of hydrogen-bond acceptors (Lipinski definition) is 5. The lowest BCUT2D eigenvalue weighted by molar-refractivity contribution is 0.174. The minimum Gasteiger partial charge on any atom is -0.454 e. The number of ether oxygens (including phenoxy) is 2. The molecule has 2 aliphatic rings. The summed E-state index contributed by atoms with van der Waals surface area (Å²) in [5, 5.41) is -0.456. The topological polar surface area (TPSA) is 78.6 Å². The van der Waals surface area contributed by atoms with E-state index in [4.69, 9.17) is 15.2 Å². The molecule has 98 valence electrons. The normalized spacial score (nSPS) is 29.3. The van der Waals surface area contributed by atoms with Gasteiger partial charge in [-0.1, -0.05) is 13.0 Å². The number of hydrogen-bond donors (Lipinski definition) is 1. The van der Waals surface area contributed by atoms with Gasteiger partial charge in [-0.15, -0.1) is 0 Å². The van der Waals surface area contributed by atoms with Crippen LogP contribution in [0.15, 0.2) is 18.2 Å². The van der Waals surface area contributed by atoms with Crippen molar-refractivity contribution in [2.24, 2.45) is 5.73 Å². The third-order valence-corrected chi connectivity index (χ3v) is 5.85. The molecule has 0 amide bonds. The summed E-state index contributed by atoms with van der Waals surface area (Å²) < 4.78 is 34.2. The predicted octanol–water partition coefficient (Wildman–Crippen LogP) is 0.643. The highest BCUT2D eigenvalue weighted by atomic mass is 32.2. The second kappa shape index (κ2) is 3.86. The van der Waals surface area contributed by atoms with Gasteiger partial charge in [0.2, 0.25) is 6.79 Å². The van der Waals surface area contributed by atoms with Crippen molar-refractivity contribution < 1.29 is 17.9 Å². The number of benzene rings is 1. The van der Waals surface area contributed by atoms with Crippen molar-refractivity contribution in [3.8, 4) is 11.5 Å². The standard InChI is InChI=1S/C12H15NO4S/c1-2-18(14,15)12-10(11(12)13)7-3-4-8-9(5-7)17-6-16-8/h3-5,10-12H,2,6,13H2,1H3/t10-,11+,12-/m0/s1. The van der Waals surface area contributed by atoms with Gasteiger partial charge in [0.25, 0.3) is 0 Å². The maximum atomic E-state index is 11.9. The van der Waals surface area contributed by atoms with E-state index in [1.165, 1.54) is 0 Å². The Balaban J connectivity index is 1.89. The van der Waals surface area contributed by atoms with Crippen LogP contribution < -0.4 is 15.2 Å². The van der Waals surface area contributed by atoms with Gasteiger partial charge < -0.3 is 15.2 Å². The molecule has 0 saturated heterocycles. The molecule has 1 aromatic carbocycles. The van der Waals surface area contributed by atoms with Crippen LogP contribution >= 0.6 is 0 Å². The zero-order valence-corrected chi connectivity index (χ0v) is 10.8. The van der Waals surface area contributed by atoms with E-state index in [-0.39, 0.29) is 24.5 Å². The van der Waals surface area contributed by atoms with Crippen LogP contribution in [0.4, 0.5) is 0 Å². The second-order valence-electron chi connectivity index (χ2n) is 4.63. The van der Waals surface area contributed by atoms with Crippen molar-refractivity contribution in [3.05, 3.63) is 23.8 Å². The van der Waals surface area contributed by atoms with Gasteiger partial charge in [-0.05, 0) is 17.7 Å². The van der Waals surface area contributed by atoms with Gasteiger partial charge in [-0.3, -0.25) is 0 Å². The molecule has 6 heteroatoms. The minimum absolute atomic E-state index is 0.121. The van der Waals surface area contributed by atoms with Gasteiger partial charge in [0, 0.05) is 17.7 Å².